The number of hydrogen-bond acceptors (Lipinski definition) is 4. The van der Waals surface area contributed by atoms with E-state index in [4.69, 9.17) is 11.6 Å². The summed E-state index contributed by atoms with van der Waals surface area (Å²) in [6.07, 6.45) is 3.04. The molecule has 26 heavy (non-hydrogen) atoms. The fourth-order valence-corrected chi connectivity index (χ4v) is 2.62. The van der Waals surface area contributed by atoms with Gasteiger partial charge in [-0.1, -0.05) is 23.7 Å². The summed E-state index contributed by atoms with van der Waals surface area (Å²) >= 11 is 5.94. The highest BCUT2D eigenvalue weighted by Crippen LogP contribution is 2.22. The van der Waals surface area contributed by atoms with Crippen molar-refractivity contribution in [2.24, 2.45) is 0 Å². The molecule has 3 N–H and O–H groups in total. The predicted molar refractivity (Wildman–Crippen MR) is 97.4 cm³/mol. The van der Waals surface area contributed by atoms with E-state index in [1.807, 2.05) is 19.1 Å². The molecule has 0 aliphatic carbocycles. The second-order valence-electron chi connectivity index (χ2n) is 5.61. The van der Waals surface area contributed by atoms with Crippen LogP contribution in [0.4, 0.5) is 5.69 Å². The van der Waals surface area contributed by atoms with E-state index in [2.05, 4.69) is 25.9 Å². The van der Waals surface area contributed by atoms with Gasteiger partial charge in [0.1, 0.15) is 5.69 Å². The molecule has 2 aromatic heterocycles. The molecule has 0 bridgehead atoms. The van der Waals surface area contributed by atoms with Crippen LogP contribution in [0.25, 0.3) is 0 Å². The highest BCUT2D eigenvalue weighted by atomic mass is 35.5. The van der Waals surface area contributed by atoms with Crippen LogP contribution in [-0.2, 0) is 0 Å². The lowest BCUT2D eigenvalue weighted by Gasteiger charge is -2.16. The molecule has 0 spiro atoms. The van der Waals surface area contributed by atoms with Crippen molar-refractivity contribution in [3.05, 3.63) is 64.7 Å². The molecule has 9 heteroatoms. The van der Waals surface area contributed by atoms with E-state index in [1.54, 1.807) is 18.3 Å². The van der Waals surface area contributed by atoms with Gasteiger partial charge in [-0.2, -0.15) is 10.2 Å². The van der Waals surface area contributed by atoms with E-state index in [0.717, 1.165) is 5.56 Å². The SMILES string of the molecule is CNC(=O)c1cc(C(=O)Nc2cn[nH]c2)n(C(C)c2ccc(Cl)cc2)n1. The topological polar surface area (TPSA) is 105 Å². The van der Waals surface area contributed by atoms with E-state index in [-0.39, 0.29) is 23.3 Å². The van der Waals surface area contributed by atoms with Crippen LogP contribution in [0.5, 0.6) is 0 Å². The van der Waals surface area contributed by atoms with Crippen LogP contribution >= 0.6 is 11.6 Å². The summed E-state index contributed by atoms with van der Waals surface area (Å²) < 4.78 is 1.52. The van der Waals surface area contributed by atoms with Gasteiger partial charge in [0.05, 0.1) is 17.9 Å². The average Bonchev–Trinajstić information content (AvgIpc) is 3.30. The maximum absolute atomic E-state index is 12.7. The Morgan fingerprint density at radius 1 is 1.23 bits per heavy atom. The van der Waals surface area contributed by atoms with Gasteiger partial charge in [-0.15, -0.1) is 0 Å². The molecule has 3 rings (SSSR count). The van der Waals surface area contributed by atoms with E-state index < -0.39 is 5.91 Å². The lowest BCUT2D eigenvalue weighted by molar-refractivity contribution is 0.0956. The summed E-state index contributed by atoms with van der Waals surface area (Å²) in [5, 5.41) is 16.6. The van der Waals surface area contributed by atoms with Crippen molar-refractivity contribution >= 4 is 29.1 Å². The van der Waals surface area contributed by atoms with Crippen molar-refractivity contribution in [2.45, 2.75) is 13.0 Å². The number of nitrogens with one attached hydrogen (secondary N) is 3. The number of benzene rings is 1. The quantitative estimate of drug-likeness (QED) is 0.639. The van der Waals surface area contributed by atoms with Gasteiger partial charge < -0.3 is 10.6 Å². The third-order valence-corrected chi connectivity index (χ3v) is 4.16. The zero-order valence-corrected chi connectivity index (χ0v) is 14.9. The highest BCUT2D eigenvalue weighted by molar-refractivity contribution is 6.30. The summed E-state index contributed by atoms with van der Waals surface area (Å²) in [5.41, 5.74) is 1.83. The number of aromatic nitrogens is 4. The van der Waals surface area contributed by atoms with Gasteiger partial charge in [-0.05, 0) is 24.6 Å². The molecule has 1 unspecified atom stereocenters. The molecule has 8 nitrogen and oxygen atoms in total. The summed E-state index contributed by atoms with van der Waals surface area (Å²) in [7, 11) is 1.51. The first-order chi connectivity index (χ1) is 12.5. The standard InChI is InChI=1S/C17H17ClN6O2/c1-10(11-3-5-12(18)6-4-11)24-15(7-14(23-24)16(25)19-2)17(26)22-13-8-20-21-9-13/h3-10H,1-2H3,(H,19,25)(H,20,21)(H,22,26). The lowest BCUT2D eigenvalue weighted by Crippen LogP contribution is -2.21. The Morgan fingerprint density at radius 2 is 1.96 bits per heavy atom. The van der Waals surface area contributed by atoms with Gasteiger partial charge in [-0.25, -0.2) is 0 Å². The first-order valence-electron chi connectivity index (χ1n) is 7.87. The van der Waals surface area contributed by atoms with Gasteiger partial charge in [-0.3, -0.25) is 19.4 Å². The number of nitrogens with zero attached hydrogens (tertiary/aromatic N) is 3. The first-order valence-corrected chi connectivity index (χ1v) is 8.24. The lowest BCUT2D eigenvalue weighted by atomic mass is 10.1. The van der Waals surface area contributed by atoms with Gasteiger partial charge in [0.15, 0.2) is 5.69 Å². The predicted octanol–water partition coefficient (Wildman–Crippen LogP) is 2.48. The molecule has 0 radical (unpaired) electrons. The van der Waals surface area contributed by atoms with E-state index in [0.29, 0.717) is 10.7 Å². The van der Waals surface area contributed by atoms with Crippen LogP contribution < -0.4 is 10.6 Å². The number of rotatable bonds is 5. The molecule has 134 valence electrons. The number of amides is 2. The number of carbonyl (C=O) groups excluding carboxylic acids is 2. The third kappa shape index (κ3) is 3.60. The fraction of sp³-hybridized carbons (Fsp3) is 0.176. The highest BCUT2D eigenvalue weighted by Gasteiger charge is 2.23. The molecule has 2 amide bonds. The van der Waals surface area contributed by atoms with Gasteiger partial charge in [0.2, 0.25) is 0 Å². The summed E-state index contributed by atoms with van der Waals surface area (Å²) in [6.45, 7) is 1.89. The zero-order chi connectivity index (χ0) is 18.7. The smallest absolute Gasteiger partial charge is 0.274 e. The minimum Gasteiger partial charge on any atom is -0.354 e. The fourth-order valence-electron chi connectivity index (χ4n) is 2.50. The minimum absolute atomic E-state index is 0.158. The molecule has 1 atom stereocenters. The number of hydrogen-bond donors (Lipinski definition) is 3. The van der Waals surface area contributed by atoms with Gasteiger partial charge in [0.25, 0.3) is 11.8 Å². The third-order valence-electron chi connectivity index (χ3n) is 3.90. The van der Waals surface area contributed by atoms with E-state index >= 15 is 0 Å². The first kappa shape index (κ1) is 17.7. The van der Waals surface area contributed by atoms with Crippen LogP contribution in [0.3, 0.4) is 0 Å². The Balaban J connectivity index is 1.98. The van der Waals surface area contributed by atoms with Crippen molar-refractivity contribution in [3.63, 3.8) is 0 Å². The van der Waals surface area contributed by atoms with Gasteiger partial charge in [0, 0.05) is 24.3 Å². The normalized spacial score (nSPS) is 11.8. The molecule has 2 heterocycles. The number of anilines is 1. The van der Waals surface area contributed by atoms with E-state index in [1.165, 1.54) is 24.0 Å². The molecule has 0 fully saturated rings. The number of aromatic amines is 1. The molecule has 1 aromatic carbocycles. The number of carbonyl (C=O) groups is 2. The van der Waals surface area contributed by atoms with Crippen molar-refractivity contribution in [1.29, 1.82) is 0 Å². The molecular formula is C17H17ClN6O2. The largest absolute Gasteiger partial charge is 0.354 e. The van der Waals surface area contributed by atoms with Crippen molar-refractivity contribution < 1.29 is 9.59 Å². The minimum atomic E-state index is -0.394. The Kier molecular flexibility index (Phi) is 5.04. The van der Waals surface area contributed by atoms with Crippen LogP contribution in [0, 0.1) is 0 Å². The van der Waals surface area contributed by atoms with Crippen LogP contribution in [0.15, 0.2) is 42.7 Å². The molecule has 0 aliphatic heterocycles. The molecule has 0 aliphatic rings. The molecule has 0 saturated carbocycles. The zero-order valence-electron chi connectivity index (χ0n) is 14.2. The second-order valence-corrected chi connectivity index (χ2v) is 6.04. The van der Waals surface area contributed by atoms with Crippen molar-refractivity contribution in [1.82, 2.24) is 25.3 Å². The average molecular weight is 373 g/mol. The Hall–Kier alpha value is -3.13. The molecule has 0 saturated heterocycles. The second kappa shape index (κ2) is 7.40. The van der Waals surface area contributed by atoms with Crippen LogP contribution in [-0.4, -0.2) is 38.8 Å². The van der Waals surface area contributed by atoms with Crippen LogP contribution in [0.2, 0.25) is 5.02 Å². The monoisotopic (exact) mass is 372 g/mol. The maximum atomic E-state index is 12.7. The summed E-state index contributed by atoms with van der Waals surface area (Å²) in [5.74, 6) is -0.765. The van der Waals surface area contributed by atoms with Crippen LogP contribution in [0.1, 0.15) is 39.5 Å². The number of halogens is 1. The van der Waals surface area contributed by atoms with Gasteiger partial charge >= 0.3 is 0 Å². The Bertz CT molecular complexity index is 917. The Labute approximate surface area is 154 Å². The number of H-pyrrole nitrogens is 1. The molecular weight excluding hydrogens is 356 g/mol. The molecule has 3 aromatic rings. The van der Waals surface area contributed by atoms with E-state index in [9.17, 15) is 9.59 Å². The maximum Gasteiger partial charge on any atom is 0.274 e. The summed E-state index contributed by atoms with van der Waals surface area (Å²) in [6, 6.07) is 8.41. The van der Waals surface area contributed by atoms with Crippen molar-refractivity contribution in [2.75, 3.05) is 12.4 Å². The van der Waals surface area contributed by atoms with Crippen molar-refractivity contribution in [3.8, 4) is 0 Å². The Morgan fingerprint density at radius 3 is 2.58 bits per heavy atom. The summed E-state index contributed by atoms with van der Waals surface area (Å²) in [4.78, 5) is 24.7.